The molecule has 1 aromatic heterocycles. The van der Waals surface area contributed by atoms with Crippen LogP contribution >= 0.6 is 11.3 Å². The Bertz CT molecular complexity index is 330. The molecule has 1 aliphatic heterocycles. The maximum absolute atomic E-state index is 5.08. The monoisotopic (exact) mass is 206 g/mol. The zero-order chi connectivity index (χ0) is 9.64. The van der Waals surface area contributed by atoms with E-state index in [1.165, 1.54) is 0 Å². The van der Waals surface area contributed by atoms with Crippen molar-refractivity contribution >= 4 is 11.3 Å². The van der Waals surface area contributed by atoms with Gasteiger partial charge in [0.2, 0.25) is 6.79 Å². The van der Waals surface area contributed by atoms with Gasteiger partial charge in [-0.25, -0.2) is 0 Å². The first kappa shape index (κ1) is 9.09. The summed E-state index contributed by atoms with van der Waals surface area (Å²) in [6, 6.07) is 11.7. The van der Waals surface area contributed by atoms with Crippen LogP contribution in [0.5, 0.6) is 11.5 Å². The van der Waals surface area contributed by atoms with Crippen molar-refractivity contribution in [3.8, 4) is 11.5 Å². The van der Waals surface area contributed by atoms with Crippen molar-refractivity contribution in [2.45, 2.75) is 0 Å². The first-order valence-electron chi connectivity index (χ1n) is 4.28. The van der Waals surface area contributed by atoms with Crippen molar-refractivity contribution < 1.29 is 9.47 Å². The molecule has 3 heteroatoms. The normalized spacial score (nSPS) is 11.7. The van der Waals surface area contributed by atoms with Gasteiger partial charge in [-0.05, 0) is 22.9 Å². The second kappa shape index (κ2) is 4.67. The van der Waals surface area contributed by atoms with Gasteiger partial charge in [0.15, 0.2) is 11.5 Å². The second-order valence-electron chi connectivity index (χ2n) is 2.65. The van der Waals surface area contributed by atoms with E-state index in [0.29, 0.717) is 6.79 Å². The lowest BCUT2D eigenvalue weighted by atomic mass is 10.3. The maximum Gasteiger partial charge on any atom is 0.231 e. The van der Waals surface area contributed by atoms with Gasteiger partial charge in [0.05, 0.1) is 0 Å². The SMILES string of the molecule is c1ccc2c(c1)OCO2.c1ccsc1. The Morgan fingerprint density at radius 2 is 1.43 bits per heavy atom. The van der Waals surface area contributed by atoms with Gasteiger partial charge in [0, 0.05) is 0 Å². The molecule has 2 aromatic rings. The summed E-state index contributed by atoms with van der Waals surface area (Å²) in [4.78, 5) is 0. The van der Waals surface area contributed by atoms with Crippen LogP contribution in [0.4, 0.5) is 0 Å². The van der Waals surface area contributed by atoms with E-state index in [-0.39, 0.29) is 0 Å². The standard InChI is InChI=1S/C7H6O2.C4H4S/c1-2-4-7-6(3-1)8-5-9-7;1-2-4-5-3-1/h1-4H,5H2;1-4H. The van der Waals surface area contributed by atoms with Gasteiger partial charge in [0.1, 0.15) is 0 Å². The number of thiophene rings is 1. The molecule has 72 valence electrons. The van der Waals surface area contributed by atoms with E-state index in [1.807, 2.05) is 47.2 Å². The third kappa shape index (κ3) is 2.26. The van der Waals surface area contributed by atoms with Crippen LogP contribution in [-0.2, 0) is 0 Å². The van der Waals surface area contributed by atoms with Crippen LogP contribution in [0.1, 0.15) is 0 Å². The topological polar surface area (TPSA) is 18.5 Å². The van der Waals surface area contributed by atoms with Crippen LogP contribution in [0.15, 0.2) is 47.2 Å². The minimum absolute atomic E-state index is 0.360. The quantitative estimate of drug-likeness (QED) is 0.659. The number of fused-ring (bicyclic) bond motifs is 1. The van der Waals surface area contributed by atoms with E-state index in [1.54, 1.807) is 11.3 Å². The summed E-state index contributed by atoms with van der Waals surface area (Å²) in [5.41, 5.74) is 0. The minimum atomic E-state index is 0.360. The summed E-state index contributed by atoms with van der Waals surface area (Å²) in [6.45, 7) is 0.360. The Labute approximate surface area is 86.7 Å². The van der Waals surface area contributed by atoms with E-state index in [0.717, 1.165) is 11.5 Å². The summed E-state index contributed by atoms with van der Waals surface area (Å²) < 4.78 is 10.2. The summed E-state index contributed by atoms with van der Waals surface area (Å²) in [5, 5.41) is 4.08. The molecule has 1 aromatic carbocycles. The molecule has 0 unspecified atom stereocenters. The smallest absolute Gasteiger partial charge is 0.231 e. The van der Waals surface area contributed by atoms with E-state index >= 15 is 0 Å². The summed E-state index contributed by atoms with van der Waals surface area (Å²) in [6.07, 6.45) is 0. The van der Waals surface area contributed by atoms with Crippen LogP contribution in [0.2, 0.25) is 0 Å². The highest BCUT2D eigenvalue weighted by Crippen LogP contribution is 2.30. The number of hydrogen-bond acceptors (Lipinski definition) is 3. The lowest BCUT2D eigenvalue weighted by Crippen LogP contribution is -1.92. The van der Waals surface area contributed by atoms with Crippen molar-refractivity contribution in [1.82, 2.24) is 0 Å². The van der Waals surface area contributed by atoms with Crippen LogP contribution < -0.4 is 9.47 Å². The maximum atomic E-state index is 5.08. The molecule has 0 spiro atoms. The van der Waals surface area contributed by atoms with Crippen LogP contribution in [0, 0.1) is 0 Å². The lowest BCUT2D eigenvalue weighted by molar-refractivity contribution is 0.174. The minimum Gasteiger partial charge on any atom is -0.454 e. The third-order valence-corrected chi connectivity index (χ3v) is 2.33. The number of ether oxygens (including phenoxy) is 2. The van der Waals surface area contributed by atoms with Gasteiger partial charge in [-0.1, -0.05) is 24.3 Å². The van der Waals surface area contributed by atoms with Crippen LogP contribution in [0.3, 0.4) is 0 Å². The fourth-order valence-corrected chi connectivity index (χ4v) is 1.53. The molecule has 14 heavy (non-hydrogen) atoms. The number of rotatable bonds is 0. The molecule has 0 amide bonds. The molecular weight excluding hydrogens is 196 g/mol. The highest BCUT2D eigenvalue weighted by atomic mass is 32.1. The average Bonchev–Trinajstić information content (AvgIpc) is 2.92. The van der Waals surface area contributed by atoms with Crippen molar-refractivity contribution in [2.75, 3.05) is 6.79 Å². The van der Waals surface area contributed by atoms with Crippen LogP contribution in [0.25, 0.3) is 0 Å². The van der Waals surface area contributed by atoms with Gasteiger partial charge in [-0.15, -0.1) is 0 Å². The Balaban J connectivity index is 0.000000128. The molecule has 0 fully saturated rings. The number of benzene rings is 1. The van der Waals surface area contributed by atoms with Crippen molar-refractivity contribution in [3.05, 3.63) is 47.2 Å². The van der Waals surface area contributed by atoms with Gasteiger partial charge in [-0.2, -0.15) is 11.3 Å². The fraction of sp³-hybridized carbons (Fsp3) is 0.0909. The Kier molecular flexibility index (Phi) is 3.03. The molecule has 0 saturated heterocycles. The van der Waals surface area contributed by atoms with Gasteiger partial charge < -0.3 is 9.47 Å². The molecule has 2 nitrogen and oxygen atoms in total. The van der Waals surface area contributed by atoms with Crippen molar-refractivity contribution in [3.63, 3.8) is 0 Å². The molecule has 3 rings (SSSR count). The first-order chi connectivity index (χ1) is 6.97. The Hall–Kier alpha value is -1.48. The highest BCUT2D eigenvalue weighted by Gasteiger charge is 2.09. The van der Waals surface area contributed by atoms with Crippen molar-refractivity contribution in [1.29, 1.82) is 0 Å². The van der Waals surface area contributed by atoms with E-state index in [9.17, 15) is 0 Å². The summed E-state index contributed by atoms with van der Waals surface area (Å²) in [5.74, 6) is 1.69. The Morgan fingerprint density at radius 3 is 1.86 bits per heavy atom. The predicted octanol–water partition coefficient (Wildman–Crippen LogP) is 3.16. The lowest BCUT2D eigenvalue weighted by Gasteiger charge is -1.89. The van der Waals surface area contributed by atoms with Crippen LogP contribution in [-0.4, -0.2) is 6.79 Å². The average molecular weight is 206 g/mol. The number of para-hydroxylation sites is 2. The largest absolute Gasteiger partial charge is 0.454 e. The molecule has 0 aliphatic carbocycles. The van der Waals surface area contributed by atoms with Crippen molar-refractivity contribution in [2.24, 2.45) is 0 Å². The molecule has 0 atom stereocenters. The molecule has 2 heterocycles. The van der Waals surface area contributed by atoms with E-state index < -0.39 is 0 Å². The fourth-order valence-electron chi connectivity index (χ4n) is 1.07. The zero-order valence-corrected chi connectivity index (χ0v) is 8.37. The van der Waals surface area contributed by atoms with Gasteiger partial charge in [0.25, 0.3) is 0 Å². The Morgan fingerprint density at radius 1 is 0.857 bits per heavy atom. The second-order valence-corrected chi connectivity index (χ2v) is 3.46. The third-order valence-electron chi connectivity index (χ3n) is 1.70. The first-order valence-corrected chi connectivity index (χ1v) is 5.23. The molecule has 0 N–H and O–H groups in total. The number of hydrogen-bond donors (Lipinski definition) is 0. The zero-order valence-electron chi connectivity index (χ0n) is 7.55. The predicted molar refractivity (Wildman–Crippen MR) is 56.9 cm³/mol. The summed E-state index contributed by atoms with van der Waals surface area (Å²) in [7, 11) is 0. The van der Waals surface area contributed by atoms with Gasteiger partial charge in [-0.3, -0.25) is 0 Å². The molecule has 0 bridgehead atoms. The molecule has 0 radical (unpaired) electrons. The van der Waals surface area contributed by atoms with Gasteiger partial charge >= 0.3 is 0 Å². The molecule has 1 aliphatic rings. The van der Waals surface area contributed by atoms with E-state index in [2.05, 4.69) is 0 Å². The summed E-state index contributed by atoms with van der Waals surface area (Å²) >= 11 is 1.71. The molecular formula is C11H10O2S. The van der Waals surface area contributed by atoms with E-state index in [4.69, 9.17) is 9.47 Å². The molecule has 0 saturated carbocycles. The highest BCUT2D eigenvalue weighted by molar-refractivity contribution is 7.07.